The second-order valence-electron chi connectivity index (χ2n) is 4.43. The molecule has 1 fully saturated rings. The van der Waals surface area contributed by atoms with E-state index in [0.29, 0.717) is 29.0 Å². The van der Waals surface area contributed by atoms with Crippen LogP contribution in [-0.4, -0.2) is 22.2 Å². The summed E-state index contributed by atoms with van der Waals surface area (Å²) in [7, 11) is 1.67. The number of nitrogens with zero attached hydrogens (tertiary/aromatic N) is 3. The normalized spacial score (nSPS) is 16.7. The highest BCUT2D eigenvalue weighted by Crippen LogP contribution is 2.42. The summed E-state index contributed by atoms with van der Waals surface area (Å²) in [6.45, 7) is 0. The Bertz CT molecular complexity index is 533. The quantitative estimate of drug-likeness (QED) is 0.885. The number of aromatic nitrogens is 3. The van der Waals surface area contributed by atoms with Crippen LogP contribution in [0.4, 0.5) is 5.69 Å². The molecule has 3 rings (SSSR count). The van der Waals surface area contributed by atoms with Gasteiger partial charge in [0.1, 0.15) is 11.8 Å². The summed E-state index contributed by atoms with van der Waals surface area (Å²) in [4.78, 5) is 8.48. The van der Waals surface area contributed by atoms with Crippen molar-refractivity contribution < 1.29 is 9.26 Å². The van der Waals surface area contributed by atoms with Crippen molar-refractivity contribution in [2.24, 2.45) is 5.92 Å². The molecular weight excluding hydrogens is 232 g/mol. The van der Waals surface area contributed by atoms with Crippen LogP contribution in [0, 0.1) is 5.92 Å². The lowest BCUT2D eigenvalue weighted by Crippen LogP contribution is -2.05. The lowest BCUT2D eigenvalue weighted by molar-refractivity contribution is 0.0751. The van der Waals surface area contributed by atoms with E-state index in [1.807, 2.05) is 0 Å². The third kappa shape index (κ3) is 2.06. The molecule has 0 amide bonds. The summed E-state index contributed by atoms with van der Waals surface area (Å²) in [5.41, 5.74) is 6.80. The molecule has 2 aromatic heterocycles. The van der Waals surface area contributed by atoms with Crippen LogP contribution in [0.15, 0.2) is 22.9 Å². The Morgan fingerprint density at radius 2 is 2.28 bits per heavy atom. The van der Waals surface area contributed by atoms with Crippen molar-refractivity contribution in [2.45, 2.75) is 18.9 Å². The summed E-state index contributed by atoms with van der Waals surface area (Å²) in [5.74, 6) is 1.50. The minimum absolute atomic E-state index is 0.0729. The summed E-state index contributed by atoms with van der Waals surface area (Å²) < 4.78 is 10.6. The van der Waals surface area contributed by atoms with Gasteiger partial charge in [-0.05, 0) is 30.9 Å². The zero-order valence-electron chi connectivity index (χ0n) is 10.0. The van der Waals surface area contributed by atoms with Gasteiger partial charge in [-0.15, -0.1) is 0 Å². The van der Waals surface area contributed by atoms with Crippen LogP contribution >= 0.6 is 0 Å². The first-order valence-corrected chi connectivity index (χ1v) is 5.86. The zero-order valence-corrected chi connectivity index (χ0v) is 10.0. The molecule has 0 spiro atoms. The minimum Gasteiger partial charge on any atom is -0.397 e. The Balaban J connectivity index is 1.86. The maximum Gasteiger partial charge on any atom is 0.276 e. The van der Waals surface area contributed by atoms with Crippen LogP contribution in [0.3, 0.4) is 0 Å². The lowest BCUT2D eigenvalue weighted by atomic mass is 10.2. The molecule has 1 aliphatic carbocycles. The SMILES string of the molecule is COC(c1noc(-c2ccc(N)cn2)n1)C1CC1. The Labute approximate surface area is 104 Å². The van der Waals surface area contributed by atoms with E-state index in [4.69, 9.17) is 15.0 Å². The van der Waals surface area contributed by atoms with Gasteiger partial charge in [0.15, 0.2) is 0 Å². The van der Waals surface area contributed by atoms with E-state index in [1.165, 1.54) is 0 Å². The van der Waals surface area contributed by atoms with Gasteiger partial charge in [-0.25, -0.2) is 4.98 Å². The number of ether oxygens (including phenoxy) is 1. The van der Waals surface area contributed by atoms with Gasteiger partial charge >= 0.3 is 0 Å². The van der Waals surface area contributed by atoms with E-state index in [2.05, 4.69) is 15.1 Å². The average molecular weight is 246 g/mol. The van der Waals surface area contributed by atoms with E-state index in [1.54, 1.807) is 25.4 Å². The van der Waals surface area contributed by atoms with Crippen molar-refractivity contribution in [1.82, 2.24) is 15.1 Å². The average Bonchev–Trinajstić information content (AvgIpc) is 3.09. The smallest absolute Gasteiger partial charge is 0.276 e. The predicted molar refractivity (Wildman–Crippen MR) is 64.4 cm³/mol. The third-order valence-corrected chi connectivity index (χ3v) is 3.01. The second kappa shape index (κ2) is 4.38. The lowest BCUT2D eigenvalue weighted by Gasteiger charge is -2.07. The van der Waals surface area contributed by atoms with Crippen molar-refractivity contribution in [3.63, 3.8) is 0 Å². The van der Waals surface area contributed by atoms with Crippen molar-refractivity contribution in [1.29, 1.82) is 0 Å². The molecule has 2 heterocycles. The highest BCUT2D eigenvalue weighted by molar-refractivity contribution is 5.50. The van der Waals surface area contributed by atoms with Crippen molar-refractivity contribution in [3.05, 3.63) is 24.2 Å². The van der Waals surface area contributed by atoms with E-state index >= 15 is 0 Å². The molecule has 6 nitrogen and oxygen atoms in total. The fourth-order valence-corrected chi connectivity index (χ4v) is 1.89. The van der Waals surface area contributed by atoms with Crippen LogP contribution in [0.5, 0.6) is 0 Å². The molecule has 2 N–H and O–H groups in total. The van der Waals surface area contributed by atoms with Crippen molar-refractivity contribution in [3.8, 4) is 11.6 Å². The number of methoxy groups -OCH3 is 1. The fraction of sp³-hybridized carbons (Fsp3) is 0.417. The van der Waals surface area contributed by atoms with Crippen molar-refractivity contribution >= 4 is 5.69 Å². The van der Waals surface area contributed by atoms with E-state index in [0.717, 1.165) is 12.8 Å². The highest BCUT2D eigenvalue weighted by Gasteiger charge is 2.35. The number of nitrogens with two attached hydrogens (primary N) is 1. The van der Waals surface area contributed by atoms with Gasteiger partial charge in [0.05, 0.1) is 11.9 Å². The molecule has 0 aromatic carbocycles. The Morgan fingerprint density at radius 3 is 2.89 bits per heavy atom. The van der Waals surface area contributed by atoms with E-state index in [9.17, 15) is 0 Å². The second-order valence-corrected chi connectivity index (χ2v) is 4.43. The number of nitrogen functional groups attached to an aromatic ring is 1. The van der Waals surface area contributed by atoms with Crippen molar-refractivity contribution in [2.75, 3.05) is 12.8 Å². The molecule has 1 saturated carbocycles. The molecule has 1 atom stereocenters. The topological polar surface area (TPSA) is 87.1 Å². The number of hydrogen-bond donors (Lipinski definition) is 1. The number of hydrogen-bond acceptors (Lipinski definition) is 6. The minimum atomic E-state index is -0.0729. The van der Waals surface area contributed by atoms with Gasteiger partial charge in [-0.2, -0.15) is 4.98 Å². The first-order chi connectivity index (χ1) is 8.78. The molecule has 0 aliphatic heterocycles. The maximum atomic E-state index is 5.58. The van der Waals surface area contributed by atoms with Crippen LogP contribution in [0.2, 0.25) is 0 Å². The monoisotopic (exact) mass is 246 g/mol. The summed E-state index contributed by atoms with van der Waals surface area (Å²) >= 11 is 0. The molecule has 18 heavy (non-hydrogen) atoms. The number of rotatable bonds is 4. The largest absolute Gasteiger partial charge is 0.397 e. The Hall–Kier alpha value is -1.95. The first-order valence-electron chi connectivity index (χ1n) is 5.86. The molecule has 6 heteroatoms. The molecule has 1 aliphatic rings. The van der Waals surface area contributed by atoms with Gasteiger partial charge in [0.25, 0.3) is 5.89 Å². The zero-order chi connectivity index (χ0) is 12.5. The van der Waals surface area contributed by atoms with Gasteiger partial charge in [-0.1, -0.05) is 5.16 Å². The van der Waals surface area contributed by atoms with Gasteiger partial charge < -0.3 is 15.0 Å². The third-order valence-electron chi connectivity index (χ3n) is 3.01. The standard InChI is InChI=1S/C12H14N4O2/c1-17-10(7-2-3-7)11-15-12(18-16-11)9-5-4-8(13)6-14-9/h4-7,10H,2-3,13H2,1H3. The molecule has 1 unspecified atom stereocenters. The highest BCUT2D eigenvalue weighted by atomic mass is 16.5. The molecule has 0 saturated heterocycles. The van der Waals surface area contributed by atoms with E-state index < -0.39 is 0 Å². The van der Waals surface area contributed by atoms with Gasteiger partial charge in [0, 0.05) is 7.11 Å². The summed E-state index contributed by atoms with van der Waals surface area (Å²) in [6.07, 6.45) is 3.80. The number of pyridine rings is 1. The maximum absolute atomic E-state index is 5.58. The number of anilines is 1. The van der Waals surface area contributed by atoms with Gasteiger partial charge in [0.2, 0.25) is 5.82 Å². The molecule has 0 radical (unpaired) electrons. The summed E-state index contributed by atoms with van der Waals surface area (Å²) in [6, 6.07) is 3.51. The Morgan fingerprint density at radius 1 is 1.44 bits per heavy atom. The van der Waals surface area contributed by atoms with Gasteiger partial charge in [-0.3, -0.25) is 0 Å². The fourth-order valence-electron chi connectivity index (χ4n) is 1.89. The van der Waals surface area contributed by atoms with E-state index in [-0.39, 0.29) is 6.10 Å². The summed E-state index contributed by atoms with van der Waals surface area (Å²) in [5, 5.41) is 3.97. The van der Waals surface area contributed by atoms with Crippen LogP contribution in [0.1, 0.15) is 24.8 Å². The molecule has 0 bridgehead atoms. The molecule has 2 aromatic rings. The predicted octanol–water partition coefficient (Wildman–Crippen LogP) is 1.81. The molecular formula is C12H14N4O2. The Kier molecular flexibility index (Phi) is 2.71. The first kappa shape index (κ1) is 11.2. The van der Waals surface area contributed by atoms with Crippen LogP contribution in [-0.2, 0) is 4.74 Å². The molecule has 94 valence electrons. The van der Waals surface area contributed by atoms with Crippen LogP contribution in [0.25, 0.3) is 11.6 Å². The van der Waals surface area contributed by atoms with Crippen LogP contribution < -0.4 is 5.73 Å².